The molecule has 19 heavy (non-hydrogen) atoms. The minimum Gasteiger partial charge on any atom is -0.394 e. The van der Waals surface area contributed by atoms with Crippen LogP contribution in [-0.4, -0.2) is 47.0 Å². The molecule has 6 heteroatoms. The molecular weight excluding hydrogens is 266 g/mol. The Morgan fingerprint density at radius 3 is 2.89 bits per heavy atom. The van der Waals surface area contributed by atoms with Crippen LogP contribution in [0, 0.1) is 0 Å². The quantitative estimate of drug-likeness (QED) is 0.854. The fraction of sp³-hybridized carbons (Fsp3) is 0.692. The van der Waals surface area contributed by atoms with Crippen molar-refractivity contribution in [1.82, 2.24) is 9.97 Å². The molecule has 5 nitrogen and oxygen atoms in total. The summed E-state index contributed by atoms with van der Waals surface area (Å²) in [6.07, 6.45) is 2.21. The Labute approximate surface area is 117 Å². The van der Waals surface area contributed by atoms with Crippen molar-refractivity contribution in [3.63, 3.8) is 0 Å². The van der Waals surface area contributed by atoms with Crippen molar-refractivity contribution in [1.29, 1.82) is 0 Å². The number of halogens is 1. The number of hydrogen-bond donors (Lipinski definition) is 1. The molecule has 0 spiro atoms. The number of anilines is 1. The van der Waals surface area contributed by atoms with Crippen LogP contribution in [0.1, 0.15) is 31.5 Å². The first-order chi connectivity index (χ1) is 9.15. The second kappa shape index (κ2) is 5.23. The van der Waals surface area contributed by atoms with E-state index in [1.807, 2.05) is 6.92 Å². The number of ether oxygens (including phenoxy) is 1. The van der Waals surface area contributed by atoms with E-state index in [0.29, 0.717) is 17.6 Å². The van der Waals surface area contributed by atoms with Gasteiger partial charge in [-0.3, -0.25) is 0 Å². The van der Waals surface area contributed by atoms with Crippen molar-refractivity contribution in [2.75, 3.05) is 24.6 Å². The third-order valence-corrected chi connectivity index (χ3v) is 3.69. The van der Waals surface area contributed by atoms with Gasteiger partial charge in [0.1, 0.15) is 16.8 Å². The summed E-state index contributed by atoms with van der Waals surface area (Å²) >= 11 is 6.09. The average Bonchev–Trinajstić information content (AvgIpc) is 3.21. The minimum atomic E-state index is -0.165. The predicted octanol–water partition coefficient (Wildman–Crippen LogP) is 1.59. The van der Waals surface area contributed by atoms with Crippen LogP contribution < -0.4 is 4.90 Å². The first-order valence-electron chi connectivity index (χ1n) is 6.71. The predicted molar refractivity (Wildman–Crippen MR) is 72.7 cm³/mol. The first kappa shape index (κ1) is 13.1. The average molecular weight is 284 g/mol. The molecule has 104 valence electrons. The molecule has 0 amide bonds. The van der Waals surface area contributed by atoms with Crippen molar-refractivity contribution in [3.05, 3.63) is 17.0 Å². The highest BCUT2D eigenvalue weighted by Crippen LogP contribution is 2.39. The zero-order valence-corrected chi connectivity index (χ0v) is 11.7. The highest BCUT2D eigenvalue weighted by atomic mass is 35.5. The van der Waals surface area contributed by atoms with Crippen LogP contribution in [0.25, 0.3) is 0 Å². The molecule has 1 aliphatic heterocycles. The summed E-state index contributed by atoms with van der Waals surface area (Å²) in [6, 6.07) is 1.79. The molecule has 1 saturated carbocycles. The van der Waals surface area contributed by atoms with Crippen LogP contribution in [0.3, 0.4) is 0 Å². The Morgan fingerprint density at radius 1 is 1.42 bits per heavy atom. The molecule has 1 saturated heterocycles. The van der Waals surface area contributed by atoms with E-state index in [9.17, 15) is 5.11 Å². The summed E-state index contributed by atoms with van der Waals surface area (Å²) in [6.45, 7) is 3.42. The maximum atomic E-state index is 9.27. The molecule has 0 bridgehead atoms. The van der Waals surface area contributed by atoms with Crippen molar-refractivity contribution in [2.45, 2.75) is 37.9 Å². The molecule has 2 unspecified atom stereocenters. The largest absolute Gasteiger partial charge is 0.394 e. The Bertz CT molecular complexity index is 467. The van der Waals surface area contributed by atoms with E-state index in [1.54, 1.807) is 6.07 Å². The molecule has 0 aromatic carbocycles. The lowest BCUT2D eigenvalue weighted by Gasteiger charge is -2.36. The van der Waals surface area contributed by atoms with E-state index in [4.69, 9.17) is 16.3 Å². The van der Waals surface area contributed by atoms with Gasteiger partial charge >= 0.3 is 0 Å². The van der Waals surface area contributed by atoms with Crippen molar-refractivity contribution in [3.8, 4) is 0 Å². The molecule has 2 aliphatic rings. The summed E-state index contributed by atoms with van der Waals surface area (Å²) in [7, 11) is 0. The van der Waals surface area contributed by atoms with Gasteiger partial charge < -0.3 is 14.7 Å². The molecule has 2 fully saturated rings. The van der Waals surface area contributed by atoms with Gasteiger partial charge in [-0.05, 0) is 19.8 Å². The smallest absolute Gasteiger partial charge is 0.135 e. The minimum absolute atomic E-state index is 0.0230. The lowest BCUT2D eigenvalue weighted by molar-refractivity contribution is -0.0423. The topological polar surface area (TPSA) is 58.5 Å². The fourth-order valence-corrected chi connectivity index (χ4v) is 2.63. The number of aliphatic hydroxyl groups is 1. The number of hydrogen-bond acceptors (Lipinski definition) is 5. The third kappa shape index (κ3) is 2.99. The summed E-state index contributed by atoms with van der Waals surface area (Å²) in [4.78, 5) is 11.0. The second-order valence-electron chi connectivity index (χ2n) is 5.34. The first-order valence-corrected chi connectivity index (χ1v) is 7.09. The highest BCUT2D eigenvalue weighted by Gasteiger charge is 2.30. The summed E-state index contributed by atoms with van der Waals surface area (Å²) < 4.78 is 5.64. The van der Waals surface area contributed by atoms with Gasteiger partial charge in [-0.1, -0.05) is 11.6 Å². The van der Waals surface area contributed by atoms with Gasteiger partial charge in [0.05, 0.1) is 18.8 Å². The second-order valence-corrected chi connectivity index (χ2v) is 5.72. The number of aliphatic hydroxyl groups excluding tert-OH is 1. The van der Waals surface area contributed by atoms with Crippen LogP contribution >= 0.6 is 11.6 Å². The zero-order valence-electron chi connectivity index (χ0n) is 10.9. The van der Waals surface area contributed by atoms with Gasteiger partial charge in [0.15, 0.2) is 0 Å². The van der Waals surface area contributed by atoms with E-state index in [-0.39, 0.29) is 18.8 Å². The maximum Gasteiger partial charge on any atom is 0.135 e. The molecule has 1 aliphatic carbocycles. The van der Waals surface area contributed by atoms with Gasteiger partial charge in [0, 0.05) is 25.1 Å². The monoisotopic (exact) mass is 283 g/mol. The Kier molecular flexibility index (Phi) is 3.60. The summed E-state index contributed by atoms with van der Waals surface area (Å²) in [5, 5.41) is 9.76. The van der Waals surface area contributed by atoms with Crippen LogP contribution in [0.15, 0.2) is 6.07 Å². The lowest BCUT2D eigenvalue weighted by atomic mass is 10.2. The highest BCUT2D eigenvalue weighted by molar-refractivity contribution is 6.29. The number of rotatable bonds is 3. The number of nitrogens with zero attached hydrogens (tertiary/aromatic N) is 3. The van der Waals surface area contributed by atoms with Crippen molar-refractivity contribution < 1.29 is 9.84 Å². The molecule has 3 rings (SSSR count). The zero-order chi connectivity index (χ0) is 13.4. The van der Waals surface area contributed by atoms with E-state index < -0.39 is 0 Å². The summed E-state index contributed by atoms with van der Waals surface area (Å²) in [5.41, 5.74) is 0. The molecule has 0 radical (unpaired) electrons. The van der Waals surface area contributed by atoms with Gasteiger partial charge in [0.2, 0.25) is 0 Å². The molecule has 1 aromatic heterocycles. The Morgan fingerprint density at radius 2 is 2.21 bits per heavy atom. The van der Waals surface area contributed by atoms with E-state index in [2.05, 4.69) is 14.9 Å². The van der Waals surface area contributed by atoms with E-state index in [1.165, 1.54) is 0 Å². The Hall–Kier alpha value is -0.910. The number of aromatic nitrogens is 2. The Balaban J connectivity index is 1.83. The van der Waals surface area contributed by atoms with Crippen LogP contribution in [0.5, 0.6) is 0 Å². The van der Waals surface area contributed by atoms with Gasteiger partial charge in [-0.15, -0.1) is 0 Å². The van der Waals surface area contributed by atoms with Gasteiger partial charge in [-0.2, -0.15) is 0 Å². The molecular formula is C13H18ClN3O2. The van der Waals surface area contributed by atoms with Gasteiger partial charge in [-0.25, -0.2) is 9.97 Å². The lowest BCUT2D eigenvalue weighted by Crippen LogP contribution is -2.48. The van der Waals surface area contributed by atoms with Crippen molar-refractivity contribution in [2.24, 2.45) is 0 Å². The van der Waals surface area contributed by atoms with Gasteiger partial charge in [0.25, 0.3) is 0 Å². The SMILES string of the molecule is CC1CN(c2cc(Cl)nc(C3CC3)n2)CC(CO)O1. The van der Waals surface area contributed by atoms with Crippen molar-refractivity contribution >= 4 is 17.4 Å². The molecule has 1 N–H and O–H groups in total. The van der Waals surface area contributed by atoms with Crippen LogP contribution in [0.4, 0.5) is 5.82 Å². The van der Waals surface area contributed by atoms with Crippen LogP contribution in [-0.2, 0) is 4.74 Å². The fourth-order valence-electron chi connectivity index (χ4n) is 2.44. The standard InChI is InChI=1S/C13H18ClN3O2/c1-8-5-17(6-10(7-18)19-8)12-4-11(14)15-13(16-12)9-2-3-9/h4,8-10,18H,2-3,5-7H2,1H3. The molecule has 2 atom stereocenters. The summed E-state index contributed by atoms with van der Waals surface area (Å²) in [5.74, 6) is 2.17. The molecule has 1 aromatic rings. The molecule has 2 heterocycles. The van der Waals surface area contributed by atoms with E-state index >= 15 is 0 Å². The maximum absolute atomic E-state index is 9.27. The number of morpholine rings is 1. The normalized spacial score (nSPS) is 27.6. The third-order valence-electron chi connectivity index (χ3n) is 3.50. The van der Waals surface area contributed by atoms with Crippen LogP contribution in [0.2, 0.25) is 5.15 Å². The van der Waals surface area contributed by atoms with E-state index in [0.717, 1.165) is 31.0 Å².